The van der Waals surface area contributed by atoms with Gasteiger partial charge in [-0.25, -0.2) is 4.98 Å². The van der Waals surface area contributed by atoms with Crippen molar-refractivity contribution in [2.45, 2.75) is 12.5 Å². The van der Waals surface area contributed by atoms with Crippen LogP contribution in [-0.2, 0) is 16.0 Å². The fourth-order valence-corrected chi connectivity index (χ4v) is 2.42. The van der Waals surface area contributed by atoms with E-state index in [-0.39, 0.29) is 13.2 Å². The number of esters is 1. The average Bonchev–Trinajstić information content (AvgIpc) is 2.92. The van der Waals surface area contributed by atoms with Crippen LogP contribution < -0.4 is 15.2 Å². The van der Waals surface area contributed by atoms with Gasteiger partial charge in [0.05, 0.1) is 12.6 Å². The summed E-state index contributed by atoms with van der Waals surface area (Å²) in [6.45, 7) is 0.194. The fourth-order valence-electron chi connectivity index (χ4n) is 2.20. The molecule has 0 bridgehead atoms. The Morgan fingerprint density at radius 3 is 2.86 bits per heavy atom. The minimum absolute atomic E-state index is 0.194. The van der Waals surface area contributed by atoms with Crippen molar-refractivity contribution in [3.05, 3.63) is 28.9 Å². The van der Waals surface area contributed by atoms with Crippen LogP contribution in [0.3, 0.4) is 0 Å². The van der Waals surface area contributed by atoms with Gasteiger partial charge < -0.3 is 19.9 Å². The average molecular weight is 309 g/mol. The summed E-state index contributed by atoms with van der Waals surface area (Å²) in [5, 5.41) is 1.15. The minimum atomic E-state index is -0.777. The molecule has 1 aliphatic heterocycles. The molecule has 1 aliphatic rings. The number of rotatable bonds is 3. The summed E-state index contributed by atoms with van der Waals surface area (Å²) in [6.07, 6.45) is 0.253. The van der Waals surface area contributed by atoms with Crippen molar-refractivity contribution < 1.29 is 19.0 Å². The normalized spacial score (nSPS) is 14.2. The number of carbonyl (C=O) groups excluding carboxylic acids is 1. The number of fused-ring (bicyclic) bond motifs is 2. The lowest BCUT2D eigenvalue weighted by Gasteiger charge is -2.11. The van der Waals surface area contributed by atoms with Crippen molar-refractivity contribution in [2.24, 2.45) is 5.73 Å². The van der Waals surface area contributed by atoms with Gasteiger partial charge in [0, 0.05) is 17.9 Å². The first-order valence-electron chi connectivity index (χ1n) is 6.30. The summed E-state index contributed by atoms with van der Waals surface area (Å²) >= 11 is 6.16. The van der Waals surface area contributed by atoms with E-state index in [1.165, 1.54) is 7.11 Å². The highest BCUT2D eigenvalue weighted by Gasteiger charge is 2.19. The number of carbonyl (C=O) groups is 1. The number of pyridine rings is 1. The molecule has 21 heavy (non-hydrogen) atoms. The zero-order chi connectivity index (χ0) is 15.0. The molecular weight excluding hydrogens is 296 g/mol. The zero-order valence-electron chi connectivity index (χ0n) is 11.3. The Bertz CT molecular complexity index is 720. The number of nitrogens with two attached hydrogens (primary N) is 1. The standard InChI is InChI=1S/C14H13ClN2O4/c1-19-14(18)9(16)3-8-2-7-4-11-12(21-6-20-11)5-10(7)17-13(8)15/h2,4-5,9H,3,6,16H2,1H3. The SMILES string of the molecule is COC(=O)C(N)Cc1cc2cc3c(cc2nc1Cl)OCO3. The van der Waals surface area contributed by atoms with Crippen LogP contribution in [0.5, 0.6) is 11.5 Å². The van der Waals surface area contributed by atoms with Gasteiger partial charge in [-0.15, -0.1) is 0 Å². The minimum Gasteiger partial charge on any atom is -0.468 e. The van der Waals surface area contributed by atoms with E-state index >= 15 is 0 Å². The van der Waals surface area contributed by atoms with Gasteiger partial charge in [-0.2, -0.15) is 0 Å². The number of hydrogen-bond acceptors (Lipinski definition) is 6. The lowest BCUT2D eigenvalue weighted by molar-refractivity contribution is -0.142. The van der Waals surface area contributed by atoms with Crippen molar-refractivity contribution in [2.75, 3.05) is 13.9 Å². The second-order valence-electron chi connectivity index (χ2n) is 4.67. The summed E-state index contributed by atoms with van der Waals surface area (Å²) < 4.78 is 15.2. The maximum atomic E-state index is 11.4. The summed E-state index contributed by atoms with van der Waals surface area (Å²) in [6, 6.07) is 4.66. The van der Waals surface area contributed by atoms with Gasteiger partial charge in [0.1, 0.15) is 11.2 Å². The molecule has 1 aromatic heterocycles. The van der Waals surface area contributed by atoms with Gasteiger partial charge in [0.15, 0.2) is 11.5 Å². The maximum absolute atomic E-state index is 11.4. The van der Waals surface area contributed by atoms with Crippen molar-refractivity contribution in [3.63, 3.8) is 0 Å². The maximum Gasteiger partial charge on any atom is 0.322 e. The van der Waals surface area contributed by atoms with E-state index in [0.29, 0.717) is 27.7 Å². The van der Waals surface area contributed by atoms with Gasteiger partial charge in [-0.05, 0) is 17.7 Å². The Kier molecular flexibility index (Phi) is 3.57. The van der Waals surface area contributed by atoms with E-state index < -0.39 is 12.0 Å². The van der Waals surface area contributed by atoms with Gasteiger partial charge in [-0.1, -0.05) is 11.6 Å². The third-order valence-corrected chi connectivity index (χ3v) is 3.61. The number of aromatic nitrogens is 1. The molecule has 7 heteroatoms. The van der Waals surface area contributed by atoms with Crippen LogP contribution in [0.15, 0.2) is 18.2 Å². The van der Waals surface area contributed by atoms with E-state index in [4.69, 9.17) is 26.8 Å². The number of nitrogens with zero attached hydrogens (tertiary/aromatic N) is 1. The summed E-state index contributed by atoms with van der Waals surface area (Å²) in [5.74, 6) is 0.816. The van der Waals surface area contributed by atoms with E-state index in [1.807, 2.05) is 12.1 Å². The van der Waals surface area contributed by atoms with Crippen molar-refractivity contribution in [1.82, 2.24) is 4.98 Å². The Hall–Kier alpha value is -2.05. The van der Waals surface area contributed by atoms with Crippen LogP contribution in [0.1, 0.15) is 5.56 Å². The van der Waals surface area contributed by atoms with Gasteiger partial charge in [-0.3, -0.25) is 4.79 Å². The zero-order valence-corrected chi connectivity index (χ0v) is 12.0. The van der Waals surface area contributed by atoms with Crippen molar-refractivity contribution >= 4 is 28.5 Å². The highest BCUT2D eigenvalue weighted by molar-refractivity contribution is 6.30. The molecule has 0 saturated carbocycles. The third-order valence-electron chi connectivity index (χ3n) is 3.28. The molecule has 1 aromatic carbocycles. The van der Waals surface area contributed by atoms with E-state index in [9.17, 15) is 4.79 Å². The Morgan fingerprint density at radius 2 is 2.14 bits per heavy atom. The lowest BCUT2D eigenvalue weighted by atomic mass is 10.1. The number of benzene rings is 1. The Labute approximate surface area is 125 Å². The number of ether oxygens (including phenoxy) is 3. The lowest BCUT2D eigenvalue weighted by Crippen LogP contribution is -2.33. The molecule has 0 radical (unpaired) electrons. The summed E-state index contributed by atoms with van der Waals surface area (Å²) in [7, 11) is 1.29. The third kappa shape index (κ3) is 2.59. The first-order valence-corrected chi connectivity index (χ1v) is 6.68. The molecule has 6 nitrogen and oxygen atoms in total. The molecule has 1 atom stereocenters. The summed E-state index contributed by atoms with van der Waals surface area (Å²) in [5.41, 5.74) is 7.13. The van der Waals surface area contributed by atoms with Gasteiger partial charge in [0.25, 0.3) is 0 Å². The fraction of sp³-hybridized carbons (Fsp3) is 0.286. The molecule has 0 aliphatic carbocycles. The molecule has 0 spiro atoms. The molecule has 110 valence electrons. The molecular formula is C14H13ClN2O4. The van der Waals surface area contributed by atoms with E-state index in [0.717, 1.165) is 5.39 Å². The van der Waals surface area contributed by atoms with Crippen LogP contribution >= 0.6 is 11.6 Å². The quantitative estimate of drug-likeness (QED) is 0.686. The first kappa shape index (κ1) is 13.9. The second kappa shape index (κ2) is 5.38. The highest BCUT2D eigenvalue weighted by atomic mass is 35.5. The van der Waals surface area contributed by atoms with Crippen LogP contribution in [0.4, 0.5) is 0 Å². The molecule has 0 amide bonds. The predicted octanol–water partition coefficient (Wildman–Crippen LogP) is 1.66. The van der Waals surface area contributed by atoms with Crippen LogP contribution in [-0.4, -0.2) is 30.9 Å². The summed E-state index contributed by atoms with van der Waals surface area (Å²) in [4.78, 5) is 15.7. The smallest absolute Gasteiger partial charge is 0.322 e. The molecule has 3 rings (SSSR count). The molecule has 2 N–H and O–H groups in total. The monoisotopic (exact) mass is 308 g/mol. The number of hydrogen-bond donors (Lipinski definition) is 1. The van der Waals surface area contributed by atoms with Crippen LogP contribution in [0.25, 0.3) is 10.9 Å². The largest absolute Gasteiger partial charge is 0.468 e. The molecule has 1 unspecified atom stereocenters. The van der Waals surface area contributed by atoms with Crippen molar-refractivity contribution in [1.29, 1.82) is 0 Å². The predicted molar refractivity (Wildman–Crippen MR) is 76.6 cm³/mol. The van der Waals surface area contributed by atoms with Crippen molar-refractivity contribution in [3.8, 4) is 11.5 Å². The van der Waals surface area contributed by atoms with E-state index in [2.05, 4.69) is 9.72 Å². The topological polar surface area (TPSA) is 83.7 Å². The number of halogens is 1. The molecule has 2 heterocycles. The van der Waals surface area contributed by atoms with Crippen LogP contribution in [0, 0.1) is 0 Å². The van der Waals surface area contributed by atoms with Gasteiger partial charge >= 0.3 is 5.97 Å². The Balaban J connectivity index is 1.98. The molecule has 0 saturated heterocycles. The van der Waals surface area contributed by atoms with Gasteiger partial charge in [0.2, 0.25) is 6.79 Å². The highest BCUT2D eigenvalue weighted by Crippen LogP contribution is 2.36. The number of methoxy groups -OCH3 is 1. The van der Waals surface area contributed by atoms with Crippen LogP contribution in [0.2, 0.25) is 5.15 Å². The van der Waals surface area contributed by atoms with E-state index in [1.54, 1.807) is 6.07 Å². The second-order valence-corrected chi connectivity index (χ2v) is 5.03. The first-order chi connectivity index (χ1) is 10.1. The Morgan fingerprint density at radius 1 is 1.43 bits per heavy atom. The molecule has 0 fully saturated rings. The molecule has 2 aromatic rings.